The summed E-state index contributed by atoms with van der Waals surface area (Å²) in [6.07, 6.45) is -0.511. The predicted octanol–water partition coefficient (Wildman–Crippen LogP) is -0.551. The normalized spacial score (nSPS) is 28.5. The van der Waals surface area contributed by atoms with Gasteiger partial charge in [-0.3, -0.25) is 9.59 Å². The lowest BCUT2D eigenvalue weighted by molar-refractivity contribution is -0.206. The van der Waals surface area contributed by atoms with Gasteiger partial charge < -0.3 is 14.9 Å². The lowest BCUT2D eigenvalue weighted by Crippen LogP contribution is -2.61. The molecule has 13 heavy (non-hydrogen) atoms. The molecule has 1 aliphatic rings. The van der Waals surface area contributed by atoms with Gasteiger partial charge in [-0.15, -0.1) is 11.6 Å². The van der Waals surface area contributed by atoms with E-state index in [4.69, 9.17) is 21.8 Å². The summed E-state index contributed by atoms with van der Waals surface area (Å²) in [5, 5.41) is 15.3. The molecule has 1 heterocycles. The number of carboxylic acid groups (broad SMARTS) is 2. The fraction of sp³-hybridized carbons (Fsp3) is 0.500. The molecule has 0 radical (unpaired) electrons. The van der Waals surface area contributed by atoms with Crippen LogP contribution in [0.3, 0.4) is 0 Å². The fourth-order valence-corrected chi connectivity index (χ4v) is 1.19. The third-order valence-corrected chi connectivity index (χ3v) is 2.23. The Morgan fingerprint density at radius 2 is 2.00 bits per heavy atom. The van der Waals surface area contributed by atoms with E-state index in [0.717, 1.165) is 0 Å². The van der Waals surface area contributed by atoms with Crippen LogP contribution in [0.2, 0.25) is 0 Å². The van der Waals surface area contributed by atoms with Crippen LogP contribution in [0.15, 0.2) is 0 Å². The minimum atomic E-state index is -2.09. The highest BCUT2D eigenvalue weighted by Crippen LogP contribution is 2.34. The van der Waals surface area contributed by atoms with E-state index in [1.165, 1.54) is 0 Å². The third kappa shape index (κ3) is 1.33. The minimum absolute atomic E-state index is 0.511. The van der Waals surface area contributed by atoms with Crippen LogP contribution in [-0.4, -0.2) is 39.1 Å². The van der Waals surface area contributed by atoms with Crippen molar-refractivity contribution in [3.63, 3.8) is 0 Å². The van der Waals surface area contributed by atoms with Crippen LogP contribution in [0.25, 0.3) is 0 Å². The van der Waals surface area contributed by atoms with E-state index in [1.807, 2.05) is 0 Å². The SMILES string of the molecule is O=C1C[C@@](C(=O)O)([C@@H](Cl)C(=O)O)O1. The van der Waals surface area contributed by atoms with Crippen molar-refractivity contribution in [2.45, 2.75) is 17.4 Å². The molecule has 0 aromatic rings. The smallest absolute Gasteiger partial charge is 0.351 e. The van der Waals surface area contributed by atoms with Crippen molar-refractivity contribution in [2.75, 3.05) is 0 Å². The number of esters is 1. The Morgan fingerprint density at radius 3 is 2.23 bits per heavy atom. The molecular formula is C6H5ClO6. The zero-order valence-corrected chi connectivity index (χ0v) is 6.95. The van der Waals surface area contributed by atoms with E-state index in [0.29, 0.717) is 0 Å². The molecule has 0 unspecified atom stereocenters. The Hall–Kier alpha value is -1.30. The standard InChI is InChI=1S/C6H5ClO6/c7-3(4(9)10)6(5(11)12)1-2(8)13-6/h3H,1H2,(H,9,10)(H,11,12)/t3-,6-/m0/s1. The minimum Gasteiger partial charge on any atom is -0.480 e. The van der Waals surface area contributed by atoms with Gasteiger partial charge in [0.25, 0.3) is 0 Å². The lowest BCUT2D eigenvalue weighted by Gasteiger charge is -2.37. The average molecular weight is 209 g/mol. The van der Waals surface area contributed by atoms with Gasteiger partial charge in [-0.05, 0) is 0 Å². The van der Waals surface area contributed by atoms with Gasteiger partial charge in [0.15, 0.2) is 5.38 Å². The molecule has 0 amide bonds. The number of halogens is 1. The third-order valence-electron chi connectivity index (χ3n) is 1.69. The second-order valence-corrected chi connectivity index (χ2v) is 2.98. The van der Waals surface area contributed by atoms with Crippen LogP contribution in [0.5, 0.6) is 0 Å². The van der Waals surface area contributed by atoms with E-state index in [1.54, 1.807) is 0 Å². The zero-order chi connectivity index (χ0) is 10.2. The first-order valence-electron chi connectivity index (χ1n) is 3.22. The molecule has 6 nitrogen and oxygen atoms in total. The Morgan fingerprint density at radius 1 is 1.54 bits per heavy atom. The average Bonchev–Trinajstić information content (AvgIpc) is 1.96. The van der Waals surface area contributed by atoms with Crippen molar-refractivity contribution in [3.8, 4) is 0 Å². The number of hydrogen-bond donors (Lipinski definition) is 2. The number of ether oxygens (including phenoxy) is 1. The Bertz CT molecular complexity index is 277. The van der Waals surface area contributed by atoms with Crippen molar-refractivity contribution in [2.24, 2.45) is 0 Å². The number of carbonyl (C=O) groups is 3. The van der Waals surface area contributed by atoms with Crippen LogP contribution >= 0.6 is 11.6 Å². The van der Waals surface area contributed by atoms with Gasteiger partial charge in [-0.1, -0.05) is 0 Å². The zero-order valence-electron chi connectivity index (χ0n) is 6.19. The van der Waals surface area contributed by atoms with Crippen LogP contribution in [0, 0.1) is 0 Å². The number of carbonyl (C=O) groups excluding carboxylic acids is 1. The molecule has 0 saturated carbocycles. The summed E-state index contributed by atoms with van der Waals surface area (Å²) in [7, 11) is 0. The number of carboxylic acids is 2. The summed E-state index contributed by atoms with van der Waals surface area (Å²) >= 11 is 5.28. The predicted molar refractivity (Wildman–Crippen MR) is 38.4 cm³/mol. The maximum Gasteiger partial charge on any atom is 0.351 e. The highest BCUT2D eigenvalue weighted by atomic mass is 35.5. The topological polar surface area (TPSA) is 101 Å². The number of cyclic esters (lactones) is 1. The first kappa shape index (κ1) is 9.79. The van der Waals surface area contributed by atoms with Gasteiger partial charge in [0.2, 0.25) is 5.60 Å². The van der Waals surface area contributed by atoms with E-state index < -0.39 is 35.3 Å². The quantitative estimate of drug-likeness (QED) is 0.477. The van der Waals surface area contributed by atoms with Crippen molar-refractivity contribution in [1.29, 1.82) is 0 Å². The van der Waals surface area contributed by atoms with E-state index in [9.17, 15) is 14.4 Å². The fourth-order valence-electron chi connectivity index (χ4n) is 0.978. The molecule has 7 heteroatoms. The van der Waals surface area contributed by atoms with E-state index in [-0.39, 0.29) is 0 Å². The first-order chi connectivity index (χ1) is 5.90. The summed E-state index contributed by atoms with van der Waals surface area (Å²) in [6, 6.07) is 0. The summed E-state index contributed by atoms with van der Waals surface area (Å²) in [5.41, 5.74) is -2.09. The van der Waals surface area contributed by atoms with E-state index in [2.05, 4.69) is 4.74 Å². The van der Waals surface area contributed by atoms with Crippen molar-refractivity contribution >= 4 is 29.5 Å². The molecule has 1 rings (SSSR count). The van der Waals surface area contributed by atoms with Gasteiger partial charge in [-0.2, -0.15) is 0 Å². The molecule has 0 aromatic heterocycles. The van der Waals surface area contributed by atoms with Gasteiger partial charge in [0.1, 0.15) is 0 Å². The van der Waals surface area contributed by atoms with E-state index >= 15 is 0 Å². The number of rotatable bonds is 3. The van der Waals surface area contributed by atoms with Crippen LogP contribution < -0.4 is 0 Å². The van der Waals surface area contributed by atoms with Gasteiger partial charge in [0, 0.05) is 0 Å². The highest BCUT2D eigenvalue weighted by molar-refractivity contribution is 6.33. The van der Waals surface area contributed by atoms with Gasteiger partial charge in [-0.25, -0.2) is 4.79 Å². The lowest BCUT2D eigenvalue weighted by atomic mass is 9.90. The number of alkyl halides is 1. The molecule has 1 fully saturated rings. The Kier molecular flexibility index (Phi) is 2.17. The molecule has 1 saturated heterocycles. The maximum atomic E-state index is 10.6. The molecule has 72 valence electrons. The molecular weight excluding hydrogens is 204 g/mol. The van der Waals surface area contributed by atoms with Crippen molar-refractivity contribution < 1.29 is 29.3 Å². The van der Waals surface area contributed by atoms with Crippen molar-refractivity contribution in [3.05, 3.63) is 0 Å². The van der Waals surface area contributed by atoms with Gasteiger partial charge >= 0.3 is 17.9 Å². The summed E-state index contributed by atoms with van der Waals surface area (Å²) in [4.78, 5) is 31.3. The second kappa shape index (κ2) is 2.88. The summed E-state index contributed by atoms with van der Waals surface area (Å²) in [6.45, 7) is 0. The Labute approximate surface area is 77.0 Å². The number of aliphatic carboxylic acids is 2. The van der Waals surface area contributed by atoms with Crippen LogP contribution in [-0.2, 0) is 19.1 Å². The molecule has 0 bridgehead atoms. The largest absolute Gasteiger partial charge is 0.480 e. The number of hydrogen-bond acceptors (Lipinski definition) is 4. The first-order valence-corrected chi connectivity index (χ1v) is 3.66. The van der Waals surface area contributed by atoms with Crippen LogP contribution in [0.4, 0.5) is 0 Å². The second-order valence-electron chi connectivity index (χ2n) is 2.55. The van der Waals surface area contributed by atoms with Gasteiger partial charge in [0.05, 0.1) is 6.42 Å². The Balaban J connectivity index is 2.88. The summed E-state index contributed by atoms with van der Waals surface area (Å²) in [5.74, 6) is -3.85. The molecule has 2 N–H and O–H groups in total. The van der Waals surface area contributed by atoms with Crippen LogP contribution in [0.1, 0.15) is 6.42 Å². The molecule has 2 atom stereocenters. The molecule has 0 spiro atoms. The highest BCUT2D eigenvalue weighted by Gasteiger charge is 2.61. The maximum absolute atomic E-state index is 10.6. The van der Waals surface area contributed by atoms with Crippen molar-refractivity contribution in [1.82, 2.24) is 0 Å². The summed E-state index contributed by atoms with van der Waals surface area (Å²) < 4.78 is 4.26. The molecule has 0 aromatic carbocycles. The molecule has 0 aliphatic carbocycles. The monoisotopic (exact) mass is 208 g/mol. The molecule has 1 aliphatic heterocycles.